The zero-order valence-corrected chi connectivity index (χ0v) is 13.8. The number of nitrogens with zero attached hydrogens (tertiary/aromatic N) is 2. The molecular weight excluding hydrogens is 344 g/mol. The van der Waals surface area contributed by atoms with E-state index in [1.165, 1.54) is 25.1 Å². The molecule has 3 N–H and O–H groups in total. The third-order valence-electron chi connectivity index (χ3n) is 3.86. The summed E-state index contributed by atoms with van der Waals surface area (Å²) in [5, 5.41) is 24.6. The summed E-state index contributed by atoms with van der Waals surface area (Å²) in [6.45, 7) is 2.89. The lowest BCUT2D eigenvalue weighted by molar-refractivity contribution is -0.394. The molecule has 0 radical (unpaired) electrons. The van der Waals surface area contributed by atoms with Crippen molar-refractivity contribution in [2.45, 2.75) is 13.8 Å². The van der Waals surface area contributed by atoms with E-state index >= 15 is 0 Å². The highest BCUT2D eigenvalue weighted by atomic mass is 16.6. The van der Waals surface area contributed by atoms with E-state index in [2.05, 4.69) is 5.32 Å². The lowest BCUT2D eigenvalue weighted by Crippen LogP contribution is -2.18. The number of amides is 2. The van der Waals surface area contributed by atoms with Gasteiger partial charge in [0.15, 0.2) is 0 Å². The van der Waals surface area contributed by atoms with Gasteiger partial charge in [0.05, 0.1) is 21.5 Å². The van der Waals surface area contributed by atoms with Crippen molar-refractivity contribution in [1.29, 1.82) is 0 Å². The monoisotopic (exact) mass is 358 g/mol. The first-order chi connectivity index (χ1) is 12.1. The maximum atomic E-state index is 12.5. The first kappa shape index (κ1) is 18.5. The molecule has 134 valence electrons. The smallest absolute Gasteiger partial charge is 0.279 e. The molecule has 0 aliphatic rings. The molecule has 0 fully saturated rings. The van der Waals surface area contributed by atoms with Gasteiger partial charge >= 0.3 is 0 Å². The number of nitrogens with one attached hydrogen (secondary N) is 1. The Bertz CT molecular complexity index is 954. The highest BCUT2D eigenvalue weighted by Gasteiger charge is 2.25. The maximum Gasteiger partial charge on any atom is 0.279 e. The molecule has 0 saturated heterocycles. The van der Waals surface area contributed by atoms with Crippen molar-refractivity contribution >= 4 is 28.9 Å². The van der Waals surface area contributed by atoms with Crippen molar-refractivity contribution in [2.75, 3.05) is 5.32 Å². The van der Waals surface area contributed by atoms with Crippen LogP contribution in [0.1, 0.15) is 31.8 Å². The third-order valence-corrected chi connectivity index (χ3v) is 3.86. The van der Waals surface area contributed by atoms with Crippen molar-refractivity contribution in [3.05, 3.63) is 72.8 Å². The summed E-state index contributed by atoms with van der Waals surface area (Å²) in [5.41, 5.74) is 4.79. The molecular formula is C16H14N4O6. The Morgan fingerprint density at radius 2 is 1.65 bits per heavy atom. The predicted molar refractivity (Wildman–Crippen MR) is 92.1 cm³/mol. The van der Waals surface area contributed by atoms with Crippen LogP contribution in [0, 0.1) is 34.1 Å². The van der Waals surface area contributed by atoms with E-state index in [0.29, 0.717) is 5.56 Å². The average Bonchev–Trinajstić information content (AvgIpc) is 2.55. The van der Waals surface area contributed by atoms with Gasteiger partial charge in [0.2, 0.25) is 5.91 Å². The first-order valence-corrected chi connectivity index (χ1v) is 7.27. The van der Waals surface area contributed by atoms with Crippen molar-refractivity contribution in [3.8, 4) is 0 Å². The Morgan fingerprint density at radius 3 is 2.19 bits per heavy atom. The Hall–Kier alpha value is -3.82. The fraction of sp³-hybridized carbons (Fsp3) is 0.125. The SMILES string of the molecule is Cc1c(NC(=O)c2cc([N+](=O)[O-])cc([N+](=O)[O-])c2C)cccc1C(N)=O. The predicted octanol–water partition coefficient (Wildman–Crippen LogP) is 2.47. The number of anilines is 1. The van der Waals surface area contributed by atoms with Gasteiger partial charge in [-0.25, -0.2) is 0 Å². The van der Waals surface area contributed by atoms with Gasteiger partial charge in [0.25, 0.3) is 17.3 Å². The number of hydrogen-bond donors (Lipinski definition) is 2. The Kier molecular flexibility index (Phi) is 4.96. The Morgan fingerprint density at radius 1 is 1.00 bits per heavy atom. The molecule has 0 aliphatic carbocycles. The van der Waals surface area contributed by atoms with Crippen LogP contribution in [0.3, 0.4) is 0 Å². The van der Waals surface area contributed by atoms with E-state index in [1.807, 2.05) is 0 Å². The quantitative estimate of drug-likeness (QED) is 0.617. The van der Waals surface area contributed by atoms with Gasteiger partial charge in [0.1, 0.15) is 0 Å². The van der Waals surface area contributed by atoms with Crippen molar-refractivity contribution in [1.82, 2.24) is 0 Å². The number of nitro benzene ring substituents is 2. The molecule has 0 spiro atoms. The number of non-ortho nitro benzene ring substituents is 1. The summed E-state index contributed by atoms with van der Waals surface area (Å²) in [6, 6.07) is 6.26. The zero-order chi connectivity index (χ0) is 19.6. The highest BCUT2D eigenvalue weighted by molar-refractivity contribution is 6.07. The minimum absolute atomic E-state index is 0.0122. The van der Waals surface area contributed by atoms with Crippen LogP contribution in [0.15, 0.2) is 30.3 Å². The van der Waals surface area contributed by atoms with Gasteiger partial charge in [-0.3, -0.25) is 29.8 Å². The Balaban J connectivity index is 2.51. The van der Waals surface area contributed by atoms with Gasteiger partial charge < -0.3 is 11.1 Å². The van der Waals surface area contributed by atoms with Gasteiger partial charge in [-0.2, -0.15) is 0 Å². The molecule has 0 unspecified atom stereocenters. The molecule has 26 heavy (non-hydrogen) atoms. The van der Waals surface area contributed by atoms with Crippen LogP contribution >= 0.6 is 0 Å². The fourth-order valence-corrected chi connectivity index (χ4v) is 2.44. The van der Waals surface area contributed by atoms with Crippen LogP contribution in [0.4, 0.5) is 17.1 Å². The van der Waals surface area contributed by atoms with E-state index in [4.69, 9.17) is 5.73 Å². The topological polar surface area (TPSA) is 158 Å². The van der Waals surface area contributed by atoms with Gasteiger partial charge in [-0.15, -0.1) is 0 Å². The molecule has 2 rings (SSSR count). The molecule has 0 bridgehead atoms. The van der Waals surface area contributed by atoms with E-state index in [1.54, 1.807) is 6.92 Å². The van der Waals surface area contributed by atoms with Crippen LogP contribution in [0.5, 0.6) is 0 Å². The summed E-state index contributed by atoms with van der Waals surface area (Å²) < 4.78 is 0. The molecule has 0 saturated carbocycles. The maximum absolute atomic E-state index is 12.5. The lowest BCUT2D eigenvalue weighted by Gasteiger charge is -2.12. The van der Waals surface area contributed by atoms with E-state index < -0.39 is 33.0 Å². The standard InChI is InChI=1S/C16H14N4O6/c1-8-11(15(17)21)4-3-5-13(8)18-16(22)12-6-10(19(23)24)7-14(9(12)2)20(25)26/h3-7H,1-2H3,(H2,17,21)(H,18,22). The first-order valence-electron chi connectivity index (χ1n) is 7.27. The summed E-state index contributed by atoms with van der Waals surface area (Å²) in [5.74, 6) is -1.46. The van der Waals surface area contributed by atoms with Crippen LogP contribution < -0.4 is 11.1 Å². The van der Waals surface area contributed by atoms with Crippen molar-refractivity contribution < 1.29 is 19.4 Å². The number of carbonyl (C=O) groups excluding carboxylic acids is 2. The largest absolute Gasteiger partial charge is 0.366 e. The third kappa shape index (κ3) is 3.48. The summed E-state index contributed by atoms with van der Waals surface area (Å²) in [6.07, 6.45) is 0. The molecule has 2 amide bonds. The second kappa shape index (κ2) is 6.97. The van der Waals surface area contributed by atoms with Crippen LogP contribution in [-0.4, -0.2) is 21.7 Å². The molecule has 0 aromatic heterocycles. The van der Waals surface area contributed by atoms with E-state index in [0.717, 1.165) is 12.1 Å². The molecule has 2 aromatic carbocycles. The average molecular weight is 358 g/mol. The van der Waals surface area contributed by atoms with Crippen LogP contribution in [0.25, 0.3) is 0 Å². The van der Waals surface area contributed by atoms with Crippen LogP contribution in [-0.2, 0) is 0 Å². The van der Waals surface area contributed by atoms with E-state index in [-0.39, 0.29) is 22.4 Å². The lowest BCUT2D eigenvalue weighted by atomic mass is 10.0. The molecule has 0 atom stereocenters. The molecule has 10 heteroatoms. The van der Waals surface area contributed by atoms with Crippen LogP contribution in [0.2, 0.25) is 0 Å². The minimum Gasteiger partial charge on any atom is -0.366 e. The molecule has 2 aromatic rings. The minimum atomic E-state index is -0.817. The number of nitrogens with two attached hydrogens (primary N) is 1. The molecule has 0 heterocycles. The number of hydrogen-bond acceptors (Lipinski definition) is 6. The summed E-state index contributed by atoms with van der Waals surface area (Å²) in [4.78, 5) is 44.4. The highest BCUT2D eigenvalue weighted by Crippen LogP contribution is 2.29. The van der Waals surface area contributed by atoms with E-state index in [9.17, 15) is 29.8 Å². The number of primary amides is 1. The Labute approximate surface area is 146 Å². The van der Waals surface area contributed by atoms with Gasteiger partial charge in [0, 0.05) is 22.9 Å². The normalized spacial score (nSPS) is 10.2. The summed E-state index contributed by atoms with van der Waals surface area (Å²) >= 11 is 0. The number of carbonyl (C=O) groups is 2. The fourth-order valence-electron chi connectivity index (χ4n) is 2.44. The van der Waals surface area contributed by atoms with Gasteiger partial charge in [-0.05, 0) is 31.5 Å². The molecule has 10 nitrogen and oxygen atoms in total. The summed E-state index contributed by atoms with van der Waals surface area (Å²) in [7, 11) is 0. The second-order valence-electron chi connectivity index (χ2n) is 5.45. The number of nitro groups is 2. The number of benzene rings is 2. The van der Waals surface area contributed by atoms with Crippen molar-refractivity contribution in [2.24, 2.45) is 5.73 Å². The van der Waals surface area contributed by atoms with Crippen molar-refractivity contribution in [3.63, 3.8) is 0 Å². The van der Waals surface area contributed by atoms with Gasteiger partial charge in [-0.1, -0.05) is 6.07 Å². The number of rotatable bonds is 5. The zero-order valence-electron chi connectivity index (χ0n) is 13.8. The molecule has 0 aliphatic heterocycles. The second-order valence-corrected chi connectivity index (χ2v) is 5.45.